The van der Waals surface area contributed by atoms with E-state index in [9.17, 15) is 13.2 Å². The van der Waals surface area contributed by atoms with E-state index in [1.54, 1.807) is 36.4 Å². The molecule has 0 saturated carbocycles. The Balaban J connectivity index is 2.26. The molecule has 0 unspecified atom stereocenters. The molecule has 0 amide bonds. The van der Waals surface area contributed by atoms with Gasteiger partial charge in [-0.3, -0.25) is 4.79 Å². The van der Waals surface area contributed by atoms with Gasteiger partial charge >= 0.3 is 0 Å². The third-order valence-corrected chi connectivity index (χ3v) is 4.55. The van der Waals surface area contributed by atoms with Gasteiger partial charge in [0, 0.05) is 5.56 Å². The summed E-state index contributed by atoms with van der Waals surface area (Å²) in [6.07, 6.45) is 2.93. The molecule has 2 rings (SSSR count). The number of carbonyl (C=O) groups is 1. The maximum absolute atomic E-state index is 12.2. The molecule has 0 spiro atoms. The lowest BCUT2D eigenvalue weighted by Gasteiger charge is -2.03. The van der Waals surface area contributed by atoms with E-state index in [0.717, 1.165) is 5.56 Å². The summed E-state index contributed by atoms with van der Waals surface area (Å²) in [6.45, 7) is 0. The quantitative estimate of drug-likeness (QED) is 0.675. The molecule has 0 heterocycles. The zero-order valence-electron chi connectivity index (χ0n) is 12.4. The van der Waals surface area contributed by atoms with Crippen molar-refractivity contribution >= 4 is 21.9 Å². The molecular weight excluding hydrogens is 312 g/mol. The Labute approximate surface area is 134 Å². The zero-order chi connectivity index (χ0) is 16.9. The molecule has 0 aliphatic heterocycles. The summed E-state index contributed by atoms with van der Waals surface area (Å²) in [5, 5.41) is 8.84. The molecule has 23 heavy (non-hydrogen) atoms. The molecule has 2 aromatic rings. The van der Waals surface area contributed by atoms with E-state index in [4.69, 9.17) is 5.26 Å². The summed E-state index contributed by atoms with van der Waals surface area (Å²) in [5.41, 5.74) is 1.49. The maximum atomic E-state index is 12.2. The number of nitrogens with zero attached hydrogens (tertiary/aromatic N) is 1. The van der Waals surface area contributed by atoms with Crippen LogP contribution in [0.2, 0.25) is 0 Å². The standard InChI is InChI=1S/C17H14N2O3S/c1-19-23(21,22)16-7-3-6-15(11-16)17(20)9-8-13-4-2-5-14(10-13)12-18/h2-11,19H,1H3/b9-8-. The molecule has 1 N–H and O–H groups in total. The van der Waals surface area contributed by atoms with Crippen LogP contribution in [0.15, 0.2) is 59.5 Å². The lowest BCUT2D eigenvalue weighted by Crippen LogP contribution is -2.18. The largest absolute Gasteiger partial charge is 0.289 e. The third kappa shape index (κ3) is 4.13. The van der Waals surface area contributed by atoms with Gasteiger partial charge in [0.25, 0.3) is 0 Å². The highest BCUT2D eigenvalue weighted by molar-refractivity contribution is 7.89. The Morgan fingerprint density at radius 3 is 2.61 bits per heavy atom. The molecule has 0 fully saturated rings. The zero-order valence-corrected chi connectivity index (χ0v) is 13.2. The van der Waals surface area contributed by atoms with Crippen LogP contribution >= 0.6 is 0 Å². The summed E-state index contributed by atoms with van der Waals surface area (Å²) in [7, 11) is -2.28. The highest BCUT2D eigenvalue weighted by Crippen LogP contribution is 2.13. The highest BCUT2D eigenvalue weighted by atomic mass is 32.2. The Bertz CT molecular complexity index is 909. The molecule has 2 aromatic carbocycles. The number of rotatable bonds is 5. The monoisotopic (exact) mass is 326 g/mol. The fourth-order valence-electron chi connectivity index (χ4n) is 1.91. The fraction of sp³-hybridized carbons (Fsp3) is 0.0588. The summed E-state index contributed by atoms with van der Waals surface area (Å²) < 4.78 is 25.7. The van der Waals surface area contributed by atoms with E-state index in [-0.39, 0.29) is 16.2 Å². The van der Waals surface area contributed by atoms with E-state index < -0.39 is 10.0 Å². The molecule has 0 atom stereocenters. The van der Waals surface area contributed by atoms with Gasteiger partial charge in [-0.1, -0.05) is 30.3 Å². The van der Waals surface area contributed by atoms with Crippen molar-refractivity contribution in [3.8, 4) is 6.07 Å². The number of carbonyl (C=O) groups excluding carboxylic acids is 1. The van der Waals surface area contributed by atoms with Gasteiger partial charge in [0.2, 0.25) is 10.0 Å². The molecular formula is C17H14N2O3S. The first-order chi connectivity index (χ1) is 11.0. The van der Waals surface area contributed by atoms with Crippen LogP contribution in [0.25, 0.3) is 6.08 Å². The molecule has 0 aromatic heterocycles. The van der Waals surface area contributed by atoms with E-state index in [0.29, 0.717) is 5.56 Å². The second kappa shape index (κ2) is 7.01. The summed E-state index contributed by atoms with van der Waals surface area (Å²) in [5.74, 6) is -0.319. The number of benzene rings is 2. The first-order valence-corrected chi connectivity index (χ1v) is 8.21. The Kier molecular flexibility index (Phi) is 5.06. The number of ketones is 1. The number of sulfonamides is 1. The van der Waals surface area contributed by atoms with Gasteiger partial charge < -0.3 is 0 Å². The molecule has 0 bridgehead atoms. The van der Waals surface area contributed by atoms with E-state index in [1.165, 1.54) is 31.3 Å². The molecule has 0 aliphatic carbocycles. The van der Waals surface area contributed by atoms with Crippen molar-refractivity contribution in [3.63, 3.8) is 0 Å². The lowest BCUT2D eigenvalue weighted by molar-refractivity contribution is 0.104. The van der Waals surface area contributed by atoms with Crippen LogP contribution in [-0.2, 0) is 10.0 Å². The van der Waals surface area contributed by atoms with Crippen LogP contribution < -0.4 is 4.72 Å². The molecule has 0 radical (unpaired) electrons. The van der Waals surface area contributed by atoms with Crippen molar-refractivity contribution < 1.29 is 13.2 Å². The first kappa shape index (κ1) is 16.6. The van der Waals surface area contributed by atoms with Gasteiger partial charge in [-0.2, -0.15) is 5.26 Å². The SMILES string of the molecule is CNS(=O)(=O)c1cccc(C(=O)/C=C\c2cccc(C#N)c2)c1. The normalized spacial score (nSPS) is 11.3. The summed E-state index contributed by atoms with van der Waals surface area (Å²) in [6, 6.07) is 14.7. The Morgan fingerprint density at radius 1 is 1.17 bits per heavy atom. The lowest BCUT2D eigenvalue weighted by atomic mass is 10.1. The van der Waals surface area contributed by atoms with Crippen molar-refractivity contribution in [3.05, 3.63) is 71.3 Å². The van der Waals surface area contributed by atoms with Crippen molar-refractivity contribution in [1.29, 1.82) is 5.26 Å². The summed E-state index contributed by atoms with van der Waals surface area (Å²) >= 11 is 0. The van der Waals surface area contributed by atoms with Crippen LogP contribution in [-0.4, -0.2) is 21.2 Å². The van der Waals surface area contributed by atoms with Gasteiger partial charge in [-0.15, -0.1) is 0 Å². The average Bonchev–Trinajstić information content (AvgIpc) is 2.60. The van der Waals surface area contributed by atoms with Crippen LogP contribution in [0.4, 0.5) is 0 Å². The minimum atomic E-state index is -3.59. The van der Waals surface area contributed by atoms with Gasteiger partial charge in [0.05, 0.1) is 16.5 Å². The van der Waals surface area contributed by atoms with Gasteiger partial charge in [-0.05, 0) is 43.0 Å². The van der Waals surface area contributed by atoms with Crippen molar-refractivity contribution in [2.45, 2.75) is 4.90 Å². The molecule has 6 heteroatoms. The van der Waals surface area contributed by atoms with E-state index in [1.807, 2.05) is 6.07 Å². The predicted molar refractivity (Wildman–Crippen MR) is 87.2 cm³/mol. The topological polar surface area (TPSA) is 87.0 Å². The van der Waals surface area contributed by atoms with Crippen LogP contribution in [0.1, 0.15) is 21.5 Å². The van der Waals surface area contributed by atoms with Crippen LogP contribution in [0.5, 0.6) is 0 Å². The Morgan fingerprint density at radius 2 is 1.91 bits per heavy atom. The van der Waals surface area contributed by atoms with Crippen LogP contribution in [0.3, 0.4) is 0 Å². The number of hydrogen-bond donors (Lipinski definition) is 1. The fourth-order valence-corrected chi connectivity index (χ4v) is 2.69. The minimum absolute atomic E-state index is 0.0331. The van der Waals surface area contributed by atoms with Crippen molar-refractivity contribution in [1.82, 2.24) is 4.72 Å². The maximum Gasteiger partial charge on any atom is 0.240 e. The number of nitrogens with one attached hydrogen (secondary N) is 1. The minimum Gasteiger partial charge on any atom is -0.289 e. The first-order valence-electron chi connectivity index (χ1n) is 6.72. The molecule has 0 saturated heterocycles. The predicted octanol–water partition coefficient (Wildman–Crippen LogP) is 2.36. The second-order valence-corrected chi connectivity index (χ2v) is 6.56. The van der Waals surface area contributed by atoms with Gasteiger partial charge in [0.15, 0.2) is 5.78 Å². The number of nitriles is 1. The Hall–Kier alpha value is -2.75. The molecule has 116 valence electrons. The van der Waals surface area contributed by atoms with Gasteiger partial charge in [0.1, 0.15) is 0 Å². The smallest absolute Gasteiger partial charge is 0.240 e. The average molecular weight is 326 g/mol. The van der Waals surface area contributed by atoms with Crippen molar-refractivity contribution in [2.75, 3.05) is 7.05 Å². The molecule has 0 aliphatic rings. The van der Waals surface area contributed by atoms with Crippen LogP contribution in [0, 0.1) is 11.3 Å². The number of allylic oxidation sites excluding steroid dienone is 1. The summed E-state index contributed by atoms with van der Waals surface area (Å²) in [4.78, 5) is 12.2. The van der Waals surface area contributed by atoms with Gasteiger partial charge in [-0.25, -0.2) is 13.1 Å². The van der Waals surface area contributed by atoms with E-state index in [2.05, 4.69) is 4.72 Å². The second-order valence-electron chi connectivity index (χ2n) is 4.67. The highest BCUT2D eigenvalue weighted by Gasteiger charge is 2.13. The molecule has 5 nitrogen and oxygen atoms in total. The third-order valence-electron chi connectivity index (χ3n) is 3.14. The number of hydrogen-bond acceptors (Lipinski definition) is 4. The van der Waals surface area contributed by atoms with E-state index >= 15 is 0 Å². The van der Waals surface area contributed by atoms with Crippen molar-refractivity contribution in [2.24, 2.45) is 0 Å².